The predicted molar refractivity (Wildman–Crippen MR) is 82.8 cm³/mol. The number of rotatable bonds is 1. The molecule has 0 radical (unpaired) electrons. The summed E-state index contributed by atoms with van der Waals surface area (Å²) in [4.78, 5) is 2.52. The molecule has 0 N–H and O–H groups in total. The van der Waals surface area contributed by atoms with Crippen molar-refractivity contribution < 1.29 is 9.47 Å². The highest BCUT2D eigenvalue weighted by atomic mass is 16.5. The fourth-order valence-electron chi connectivity index (χ4n) is 5.27. The molecule has 4 rings (SSSR count). The molecule has 0 aromatic heterocycles. The van der Waals surface area contributed by atoms with E-state index in [0.29, 0.717) is 23.9 Å². The largest absolute Gasteiger partial charge is 0.499 e. The lowest BCUT2D eigenvalue weighted by atomic mass is 9.60. The zero-order valence-corrected chi connectivity index (χ0v) is 13.4. The molecular weight excluding hydrogens is 262 g/mol. The molecule has 21 heavy (non-hydrogen) atoms. The van der Waals surface area contributed by atoms with E-state index >= 15 is 0 Å². The number of nitrogens with zero attached hydrogens (tertiary/aromatic N) is 1. The Labute approximate surface area is 128 Å². The van der Waals surface area contributed by atoms with Gasteiger partial charge >= 0.3 is 0 Å². The minimum absolute atomic E-state index is 0.181. The topological polar surface area (TPSA) is 21.7 Å². The third kappa shape index (κ3) is 1.93. The van der Waals surface area contributed by atoms with Gasteiger partial charge in [-0.2, -0.15) is 0 Å². The predicted octanol–water partition coefficient (Wildman–Crippen LogP) is 2.84. The second-order valence-electron chi connectivity index (χ2n) is 7.57. The lowest BCUT2D eigenvalue weighted by Gasteiger charge is -2.42. The number of hydrogen-bond donors (Lipinski definition) is 0. The normalized spacial score (nSPS) is 49.1. The van der Waals surface area contributed by atoms with Gasteiger partial charge in [-0.05, 0) is 50.8 Å². The van der Waals surface area contributed by atoms with Crippen LogP contribution in [0.15, 0.2) is 24.0 Å². The first kappa shape index (κ1) is 13.8. The van der Waals surface area contributed by atoms with Gasteiger partial charge in [0.05, 0.1) is 13.2 Å². The Morgan fingerprint density at radius 2 is 2.29 bits per heavy atom. The smallest absolute Gasteiger partial charge is 0.121 e. The number of allylic oxidation sites excluding steroid dienone is 2. The molecule has 0 saturated carbocycles. The number of methoxy groups -OCH3 is 1. The van der Waals surface area contributed by atoms with Gasteiger partial charge in [0.15, 0.2) is 0 Å². The molecule has 0 aromatic carbocycles. The van der Waals surface area contributed by atoms with E-state index in [1.807, 2.05) is 0 Å². The molecular formula is C18H27NO2. The van der Waals surface area contributed by atoms with Gasteiger partial charge in [0, 0.05) is 17.9 Å². The summed E-state index contributed by atoms with van der Waals surface area (Å²) < 4.78 is 12.2. The van der Waals surface area contributed by atoms with Crippen LogP contribution in [0.3, 0.4) is 0 Å². The van der Waals surface area contributed by atoms with E-state index in [4.69, 9.17) is 9.47 Å². The van der Waals surface area contributed by atoms with Gasteiger partial charge in [0.2, 0.25) is 0 Å². The zero-order chi connectivity index (χ0) is 14.6. The molecule has 2 heterocycles. The molecule has 0 amide bonds. The van der Waals surface area contributed by atoms with Gasteiger partial charge in [0.1, 0.15) is 11.9 Å². The summed E-state index contributed by atoms with van der Waals surface area (Å²) in [5.74, 6) is 3.01. The summed E-state index contributed by atoms with van der Waals surface area (Å²) in [6, 6.07) is 0. The molecule has 3 heteroatoms. The Balaban J connectivity index is 1.79. The van der Waals surface area contributed by atoms with Crippen LogP contribution in [0.5, 0.6) is 0 Å². The standard InChI is InChI=1S/C18H27NO2/c1-12-6-7-18-8-9-19(2)11-13-4-5-14(20-3)17(16(13)18)21-15(18)10-12/h5-7,12-13,15-17H,4,8-11H2,1-3H3. The zero-order valence-electron chi connectivity index (χ0n) is 13.4. The van der Waals surface area contributed by atoms with Gasteiger partial charge < -0.3 is 14.4 Å². The summed E-state index contributed by atoms with van der Waals surface area (Å²) in [6.45, 7) is 4.68. The number of ether oxygens (including phenoxy) is 2. The Morgan fingerprint density at radius 1 is 1.43 bits per heavy atom. The molecule has 6 atom stereocenters. The van der Waals surface area contributed by atoms with Gasteiger partial charge in [-0.25, -0.2) is 0 Å². The van der Waals surface area contributed by atoms with Gasteiger partial charge in [0.25, 0.3) is 0 Å². The summed E-state index contributed by atoms with van der Waals surface area (Å²) in [5, 5.41) is 0. The van der Waals surface area contributed by atoms with Crippen LogP contribution in [0.25, 0.3) is 0 Å². The van der Waals surface area contributed by atoms with E-state index in [2.05, 4.69) is 37.1 Å². The van der Waals surface area contributed by atoms with Crippen molar-refractivity contribution in [3.8, 4) is 0 Å². The Hall–Kier alpha value is -0.800. The van der Waals surface area contributed by atoms with E-state index in [0.717, 1.165) is 18.6 Å². The fraction of sp³-hybridized carbons (Fsp3) is 0.778. The van der Waals surface area contributed by atoms with Gasteiger partial charge in [-0.1, -0.05) is 19.1 Å². The molecule has 2 aliphatic carbocycles. The Bertz CT molecular complexity index is 486. The van der Waals surface area contributed by atoms with Crippen LogP contribution in [0, 0.1) is 23.2 Å². The Morgan fingerprint density at radius 3 is 3.10 bits per heavy atom. The van der Waals surface area contributed by atoms with Crippen LogP contribution in [0.1, 0.15) is 26.2 Å². The summed E-state index contributed by atoms with van der Waals surface area (Å²) in [7, 11) is 4.07. The van der Waals surface area contributed by atoms with Crippen LogP contribution < -0.4 is 0 Å². The molecule has 6 unspecified atom stereocenters. The van der Waals surface area contributed by atoms with E-state index in [1.165, 1.54) is 19.5 Å². The van der Waals surface area contributed by atoms with Crippen molar-refractivity contribution in [1.82, 2.24) is 4.90 Å². The monoisotopic (exact) mass is 289 g/mol. The maximum atomic E-state index is 6.58. The lowest BCUT2D eigenvalue weighted by molar-refractivity contribution is -0.00764. The van der Waals surface area contributed by atoms with Gasteiger partial charge in [-0.3, -0.25) is 0 Å². The van der Waals surface area contributed by atoms with Crippen LogP contribution in [0.4, 0.5) is 0 Å². The molecule has 3 nitrogen and oxygen atoms in total. The molecule has 2 saturated heterocycles. The average Bonchev–Trinajstić information content (AvgIpc) is 2.72. The molecule has 116 valence electrons. The maximum absolute atomic E-state index is 6.58. The lowest BCUT2D eigenvalue weighted by Crippen LogP contribution is -2.43. The van der Waals surface area contributed by atoms with Crippen molar-refractivity contribution >= 4 is 0 Å². The van der Waals surface area contributed by atoms with E-state index in [1.54, 1.807) is 7.11 Å². The first-order chi connectivity index (χ1) is 10.1. The minimum atomic E-state index is 0.181. The molecule has 2 aliphatic heterocycles. The van der Waals surface area contributed by atoms with Crippen molar-refractivity contribution in [2.24, 2.45) is 23.2 Å². The van der Waals surface area contributed by atoms with Crippen molar-refractivity contribution in [3.63, 3.8) is 0 Å². The summed E-state index contributed by atoms with van der Waals surface area (Å²) >= 11 is 0. The highest BCUT2D eigenvalue weighted by Crippen LogP contribution is 2.59. The highest BCUT2D eigenvalue weighted by molar-refractivity contribution is 5.25. The molecule has 1 spiro atoms. The summed E-state index contributed by atoms with van der Waals surface area (Å²) in [6.07, 6.45) is 11.3. The fourth-order valence-corrected chi connectivity index (χ4v) is 5.27. The third-order valence-electron chi connectivity index (χ3n) is 6.30. The minimum Gasteiger partial charge on any atom is -0.499 e. The van der Waals surface area contributed by atoms with Gasteiger partial charge in [-0.15, -0.1) is 0 Å². The molecule has 0 bridgehead atoms. The molecule has 2 fully saturated rings. The number of hydrogen-bond acceptors (Lipinski definition) is 3. The summed E-state index contributed by atoms with van der Waals surface area (Å²) in [5.41, 5.74) is 0.241. The van der Waals surface area contributed by atoms with Crippen molar-refractivity contribution in [2.45, 2.75) is 38.4 Å². The van der Waals surface area contributed by atoms with Crippen LogP contribution in [-0.4, -0.2) is 44.4 Å². The second-order valence-corrected chi connectivity index (χ2v) is 7.57. The maximum Gasteiger partial charge on any atom is 0.121 e. The van der Waals surface area contributed by atoms with Crippen molar-refractivity contribution in [3.05, 3.63) is 24.0 Å². The van der Waals surface area contributed by atoms with E-state index in [-0.39, 0.29) is 11.5 Å². The third-order valence-corrected chi connectivity index (χ3v) is 6.30. The molecule has 4 aliphatic rings. The second kappa shape index (κ2) is 4.85. The highest BCUT2D eigenvalue weighted by Gasteiger charge is 2.60. The first-order valence-corrected chi connectivity index (χ1v) is 8.41. The average molecular weight is 289 g/mol. The van der Waals surface area contributed by atoms with E-state index < -0.39 is 0 Å². The van der Waals surface area contributed by atoms with Crippen LogP contribution in [-0.2, 0) is 9.47 Å². The number of likely N-dealkylation sites (tertiary alicyclic amines) is 1. The van der Waals surface area contributed by atoms with Crippen molar-refractivity contribution in [2.75, 3.05) is 27.2 Å². The van der Waals surface area contributed by atoms with E-state index in [9.17, 15) is 0 Å². The van der Waals surface area contributed by atoms with Crippen LogP contribution in [0.2, 0.25) is 0 Å². The first-order valence-electron chi connectivity index (χ1n) is 8.41. The quantitative estimate of drug-likeness (QED) is 0.693. The van der Waals surface area contributed by atoms with Crippen LogP contribution >= 0.6 is 0 Å². The Kier molecular flexibility index (Phi) is 3.20. The SMILES string of the molecule is COC1=CCC2CN(C)CCC34C=CC(C)CC3OC1C24. The molecule has 0 aromatic rings. The van der Waals surface area contributed by atoms with Crippen molar-refractivity contribution in [1.29, 1.82) is 0 Å².